The van der Waals surface area contributed by atoms with Crippen molar-refractivity contribution in [1.82, 2.24) is 0 Å². The fourth-order valence-electron chi connectivity index (χ4n) is 2.13. The van der Waals surface area contributed by atoms with Crippen molar-refractivity contribution in [1.29, 1.82) is 5.26 Å². The number of rotatable bonds is 5. The van der Waals surface area contributed by atoms with Gasteiger partial charge in [0.05, 0.1) is 32.2 Å². The zero-order chi connectivity index (χ0) is 13.3. The quantitative estimate of drug-likeness (QED) is 0.586. The fourth-order valence-corrected chi connectivity index (χ4v) is 2.13. The summed E-state index contributed by atoms with van der Waals surface area (Å²) in [6.45, 7) is 8.01. The van der Waals surface area contributed by atoms with Crippen LogP contribution in [0, 0.1) is 23.2 Å². The third-order valence-corrected chi connectivity index (χ3v) is 3.56. The van der Waals surface area contributed by atoms with Crippen LogP contribution >= 0.6 is 0 Å². The summed E-state index contributed by atoms with van der Waals surface area (Å²) in [7, 11) is 0. The van der Waals surface area contributed by atoms with Gasteiger partial charge in [0.25, 0.3) is 0 Å². The van der Waals surface area contributed by atoms with Crippen molar-refractivity contribution in [3.8, 4) is 17.9 Å². The highest BCUT2D eigenvalue weighted by Crippen LogP contribution is 2.13. The molecule has 0 aliphatic carbocycles. The molecule has 1 aliphatic heterocycles. The first-order valence-electron chi connectivity index (χ1n) is 7.04. The van der Waals surface area contributed by atoms with Gasteiger partial charge < -0.3 is 9.64 Å². The topological polar surface area (TPSA) is 37.5 Å². The Bertz CT molecular complexity index is 331. The molecule has 0 radical (unpaired) electrons. The molecular formula is C15H25N2O+. The van der Waals surface area contributed by atoms with Gasteiger partial charge in [0.15, 0.2) is 0 Å². The molecule has 0 aromatic rings. The predicted molar refractivity (Wildman–Crippen MR) is 72.1 cm³/mol. The average Bonchev–Trinajstić information content (AvgIpc) is 2.40. The number of ether oxygens (including phenoxy) is 1. The van der Waals surface area contributed by atoms with E-state index in [1.165, 1.54) is 32.4 Å². The van der Waals surface area contributed by atoms with E-state index in [2.05, 4.69) is 24.8 Å². The van der Waals surface area contributed by atoms with Crippen LogP contribution in [-0.4, -0.2) is 31.8 Å². The van der Waals surface area contributed by atoms with Gasteiger partial charge in [-0.15, -0.1) is 0 Å². The van der Waals surface area contributed by atoms with E-state index in [0.29, 0.717) is 13.0 Å². The van der Waals surface area contributed by atoms with Gasteiger partial charge in [0, 0.05) is 0 Å². The maximum Gasteiger partial charge on any atom is 0.139 e. The van der Waals surface area contributed by atoms with Crippen molar-refractivity contribution < 1.29 is 9.64 Å². The molecule has 1 fully saturated rings. The summed E-state index contributed by atoms with van der Waals surface area (Å²) in [5.74, 6) is 6.53. The summed E-state index contributed by atoms with van der Waals surface area (Å²) in [6, 6.07) is 2.09. The summed E-state index contributed by atoms with van der Waals surface area (Å²) >= 11 is 0. The Kier molecular flexibility index (Phi) is 6.80. The summed E-state index contributed by atoms with van der Waals surface area (Å²) in [4.78, 5) is 1.60. The second-order valence-electron chi connectivity index (χ2n) is 5.13. The van der Waals surface area contributed by atoms with E-state index in [1.54, 1.807) is 4.90 Å². The van der Waals surface area contributed by atoms with Crippen molar-refractivity contribution >= 4 is 0 Å². The Hall–Kier alpha value is -1.03. The zero-order valence-electron chi connectivity index (χ0n) is 11.7. The number of nitriles is 1. The molecule has 100 valence electrons. The lowest BCUT2D eigenvalue weighted by molar-refractivity contribution is -0.897. The molecule has 0 aromatic carbocycles. The maximum atomic E-state index is 8.51. The molecule has 1 atom stereocenters. The summed E-state index contributed by atoms with van der Waals surface area (Å²) in [5.41, 5.74) is -0.383. The second-order valence-corrected chi connectivity index (χ2v) is 5.13. The van der Waals surface area contributed by atoms with E-state index in [4.69, 9.17) is 10.00 Å². The Morgan fingerprint density at radius 1 is 1.28 bits per heavy atom. The Labute approximate surface area is 111 Å². The van der Waals surface area contributed by atoms with Gasteiger partial charge in [-0.1, -0.05) is 12.8 Å². The monoisotopic (exact) mass is 249 g/mol. The fraction of sp³-hybridized carbons (Fsp3) is 0.800. The van der Waals surface area contributed by atoms with Crippen molar-refractivity contribution in [2.24, 2.45) is 0 Å². The molecule has 0 bridgehead atoms. The summed E-state index contributed by atoms with van der Waals surface area (Å²) in [6.07, 6.45) is 5.34. The highest BCUT2D eigenvalue weighted by molar-refractivity contribution is 5.12. The predicted octanol–water partition coefficient (Wildman–Crippen LogP) is 1.16. The molecule has 1 aliphatic rings. The van der Waals surface area contributed by atoms with Crippen LogP contribution in [0.15, 0.2) is 0 Å². The molecule has 0 amide bonds. The van der Waals surface area contributed by atoms with E-state index < -0.39 is 0 Å². The molecule has 0 unspecified atom stereocenters. The van der Waals surface area contributed by atoms with Gasteiger partial charge in [-0.05, 0) is 38.5 Å². The molecule has 18 heavy (non-hydrogen) atoms. The minimum absolute atomic E-state index is 0.383. The van der Waals surface area contributed by atoms with E-state index in [1.807, 2.05) is 6.92 Å². The van der Waals surface area contributed by atoms with Crippen LogP contribution in [0.3, 0.4) is 0 Å². The van der Waals surface area contributed by atoms with Gasteiger partial charge in [0.1, 0.15) is 12.1 Å². The smallest absolute Gasteiger partial charge is 0.139 e. The highest BCUT2D eigenvalue weighted by Gasteiger charge is 2.19. The SMILES string of the molecule is CC[C@@](C)(C#CC[NH+]1CCCCC1)OCCC#N. The van der Waals surface area contributed by atoms with E-state index in [-0.39, 0.29) is 5.60 Å². The first-order valence-corrected chi connectivity index (χ1v) is 7.04. The minimum atomic E-state index is -0.383. The second kappa shape index (κ2) is 8.14. The van der Waals surface area contributed by atoms with Crippen LogP contribution in [0.2, 0.25) is 0 Å². The van der Waals surface area contributed by atoms with Gasteiger partial charge in [-0.2, -0.15) is 5.26 Å². The molecule has 3 nitrogen and oxygen atoms in total. The van der Waals surface area contributed by atoms with Crippen molar-refractivity contribution in [3.05, 3.63) is 0 Å². The molecule has 1 rings (SSSR count). The lowest BCUT2D eigenvalue weighted by atomic mass is 10.0. The Balaban J connectivity index is 2.38. The van der Waals surface area contributed by atoms with Crippen LogP contribution in [0.1, 0.15) is 46.0 Å². The number of nitrogens with zero attached hydrogens (tertiary/aromatic N) is 1. The lowest BCUT2D eigenvalue weighted by Crippen LogP contribution is -3.12. The normalized spacial score (nSPS) is 19.4. The number of nitrogens with one attached hydrogen (secondary N) is 1. The van der Waals surface area contributed by atoms with Gasteiger partial charge in [0.2, 0.25) is 0 Å². The van der Waals surface area contributed by atoms with Crippen molar-refractivity contribution in [2.45, 2.75) is 51.6 Å². The number of piperidine rings is 1. The molecule has 0 aromatic heterocycles. The standard InChI is InChI=1S/C15H24N2O/c1-3-15(2,18-14-8-10-16)9-7-13-17-11-5-4-6-12-17/h3-6,8,11-14H2,1-2H3/p+1/t15-/m0/s1. The molecule has 1 heterocycles. The molecular weight excluding hydrogens is 224 g/mol. The molecule has 1 N–H and O–H groups in total. The van der Waals surface area contributed by atoms with E-state index in [9.17, 15) is 0 Å². The van der Waals surface area contributed by atoms with E-state index in [0.717, 1.165) is 13.0 Å². The summed E-state index contributed by atoms with van der Waals surface area (Å²) in [5, 5.41) is 8.51. The number of hydrogen-bond donors (Lipinski definition) is 1. The average molecular weight is 249 g/mol. The van der Waals surface area contributed by atoms with Crippen LogP contribution in [0.4, 0.5) is 0 Å². The Morgan fingerprint density at radius 2 is 2.00 bits per heavy atom. The maximum absolute atomic E-state index is 8.51. The van der Waals surface area contributed by atoms with Crippen LogP contribution < -0.4 is 4.90 Å². The summed E-state index contributed by atoms with van der Waals surface area (Å²) < 4.78 is 5.70. The van der Waals surface area contributed by atoms with Gasteiger partial charge >= 0.3 is 0 Å². The number of likely N-dealkylation sites (tertiary alicyclic amines) is 1. The largest absolute Gasteiger partial charge is 0.362 e. The van der Waals surface area contributed by atoms with Crippen molar-refractivity contribution in [3.63, 3.8) is 0 Å². The van der Waals surface area contributed by atoms with Crippen molar-refractivity contribution in [2.75, 3.05) is 26.2 Å². The molecule has 3 heteroatoms. The highest BCUT2D eigenvalue weighted by atomic mass is 16.5. The van der Waals surface area contributed by atoms with Crippen LogP contribution in [0.5, 0.6) is 0 Å². The third kappa shape index (κ3) is 5.54. The van der Waals surface area contributed by atoms with Crippen LogP contribution in [-0.2, 0) is 4.74 Å². The first-order chi connectivity index (χ1) is 8.70. The van der Waals surface area contributed by atoms with E-state index >= 15 is 0 Å². The third-order valence-electron chi connectivity index (χ3n) is 3.56. The van der Waals surface area contributed by atoms with Gasteiger partial charge in [-0.3, -0.25) is 0 Å². The lowest BCUT2D eigenvalue weighted by Gasteiger charge is -2.23. The molecule has 1 saturated heterocycles. The molecule has 0 spiro atoms. The first kappa shape index (κ1) is 15.0. The number of quaternary nitrogens is 1. The number of hydrogen-bond acceptors (Lipinski definition) is 2. The van der Waals surface area contributed by atoms with Gasteiger partial charge in [-0.25, -0.2) is 0 Å². The molecule has 0 saturated carbocycles. The van der Waals surface area contributed by atoms with Crippen LogP contribution in [0.25, 0.3) is 0 Å². The zero-order valence-corrected chi connectivity index (χ0v) is 11.7. The Morgan fingerprint density at radius 3 is 2.61 bits per heavy atom. The minimum Gasteiger partial charge on any atom is -0.362 e.